The van der Waals surface area contributed by atoms with Crippen LogP contribution in [-0.2, 0) is 10.0 Å². The number of sulfonamides is 1. The number of rotatable bonds is 5. The molecule has 5 nitrogen and oxygen atoms in total. The zero-order valence-electron chi connectivity index (χ0n) is 12.3. The zero-order valence-corrected chi connectivity index (χ0v) is 13.9. The molecule has 0 saturated carbocycles. The van der Waals surface area contributed by atoms with Crippen molar-refractivity contribution in [2.45, 2.75) is 30.7 Å². The fraction of sp³-hybridized carbons (Fsp3) is 0.571. The van der Waals surface area contributed by atoms with Crippen molar-refractivity contribution in [1.82, 2.24) is 9.62 Å². The molecular weight excluding hydrogens is 312 g/mol. The summed E-state index contributed by atoms with van der Waals surface area (Å²) in [6, 6.07) is 4.64. The van der Waals surface area contributed by atoms with E-state index in [0.717, 1.165) is 25.9 Å². The van der Waals surface area contributed by atoms with E-state index in [9.17, 15) is 8.42 Å². The van der Waals surface area contributed by atoms with Crippen LogP contribution in [0.4, 0.5) is 0 Å². The third kappa shape index (κ3) is 3.51. The smallest absolute Gasteiger partial charge is 0.243 e. The summed E-state index contributed by atoms with van der Waals surface area (Å²) in [5, 5.41) is 3.56. The van der Waals surface area contributed by atoms with Crippen LogP contribution >= 0.6 is 11.6 Å². The first-order valence-corrected chi connectivity index (χ1v) is 8.88. The summed E-state index contributed by atoms with van der Waals surface area (Å²) in [5.41, 5.74) is 0. The number of hydrogen-bond acceptors (Lipinski definition) is 4. The van der Waals surface area contributed by atoms with E-state index in [0.29, 0.717) is 17.3 Å². The van der Waals surface area contributed by atoms with E-state index in [4.69, 9.17) is 16.3 Å². The highest BCUT2D eigenvalue weighted by atomic mass is 35.5. The standard InChI is InChI=1S/C14H21ClN2O3S/c1-3-17(11-6-8-16-9-7-11)21(18,19)12-4-5-14(20-2)13(15)10-12/h4-5,10-11,16H,3,6-9H2,1-2H3. The number of hydrogen-bond donors (Lipinski definition) is 1. The fourth-order valence-electron chi connectivity index (χ4n) is 2.66. The van der Waals surface area contributed by atoms with Crippen molar-refractivity contribution in [1.29, 1.82) is 0 Å². The molecule has 0 unspecified atom stereocenters. The van der Waals surface area contributed by atoms with Crippen molar-refractivity contribution in [2.24, 2.45) is 0 Å². The molecule has 0 aliphatic carbocycles. The summed E-state index contributed by atoms with van der Waals surface area (Å²) in [5.74, 6) is 0.473. The van der Waals surface area contributed by atoms with Crippen LogP contribution in [0.3, 0.4) is 0 Å². The Morgan fingerprint density at radius 2 is 2.05 bits per heavy atom. The quantitative estimate of drug-likeness (QED) is 0.897. The number of piperidine rings is 1. The van der Waals surface area contributed by atoms with Gasteiger partial charge >= 0.3 is 0 Å². The first kappa shape index (κ1) is 16.5. The lowest BCUT2D eigenvalue weighted by molar-refractivity contribution is 0.270. The topological polar surface area (TPSA) is 58.6 Å². The van der Waals surface area contributed by atoms with Crippen LogP contribution < -0.4 is 10.1 Å². The van der Waals surface area contributed by atoms with E-state index in [1.807, 2.05) is 6.92 Å². The minimum atomic E-state index is -3.53. The van der Waals surface area contributed by atoms with Crippen LogP contribution in [0.15, 0.2) is 23.1 Å². The van der Waals surface area contributed by atoms with Crippen molar-refractivity contribution < 1.29 is 13.2 Å². The van der Waals surface area contributed by atoms with Gasteiger partial charge in [0.05, 0.1) is 17.0 Å². The normalized spacial score (nSPS) is 17.1. The van der Waals surface area contributed by atoms with Crippen molar-refractivity contribution in [3.63, 3.8) is 0 Å². The number of ether oxygens (including phenoxy) is 1. The lowest BCUT2D eigenvalue weighted by Gasteiger charge is -2.33. The Balaban J connectivity index is 2.32. The van der Waals surface area contributed by atoms with E-state index >= 15 is 0 Å². The van der Waals surface area contributed by atoms with Gasteiger partial charge < -0.3 is 10.1 Å². The third-order valence-corrected chi connectivity index (χ3v) is 6.08. The highest BCUT2D eigenvalue weighted by Crippen LogP contribution is 2.29. The maximum atomic E-state index is 12.8. The molecule has 0 spiro atoms. The van der Waals surface area contributed by atoms with Gasteiger partial charge in [-0.3, -0.25) is 0 Å². The maximum absolute atomic E-state index is 12.8. The van der Waals surface area contributed by atoms with Crippen LogP contribution in [0.1, 0.15) is 19.8 Å². The Hall–Kier alpha value is -0.820. The van der Waals surface area contributed by atoms with Gasteiger partial charge in [0.2, 0.25) is 10.0 Å². The zero-order chi connectivity index (χ0) is 15.5. The van der Waals surface area contributed by atoms with Gasteiger partial charge in [-0.25, -0.2) is 8.42 Å². The molecule has 2 rings (SSSR count). The Labute approximate surface area is 131 Å². The van der Waals surface area contributed by atoms with Crippen LogP contribution in [0.5, 0.6) is 5.75 Å². The van der Waals surface area contributed by atoms with Gasteiger partial charge in [-0.05, 0) is 44.1 Å². The SMILES string of the molecule is CCN(C1CCNCC1)S(=O)(=O)c1ccc(OC)c(Cl)c1. The van der Waals surface area contributed by atoms with Crippen LogP contribution in [-0.4, -0.2) is 45.5 Å². The molecule has 1 aromatic rings. The second kappa shape index (κ2) is 6.96. The second-order valence-corrected chi connectivity index (χ2v) is 7.28. The molecule has 1 heterocycles. The van der Waals surface area contributed by atoms with Crippen molar-refractivity contribution in [3.8, 4) is 5.75 Å². The molecule has 1 aliphatic rings. The van der Waals surface area contributed by atoms with Crippen molar-refractivity contribution >= 4 is 21.6 Å². The summed E-state index contributed by atoms with van der Waals surface area (Å²) in [7, 11) is -2.03. The Kier molecular flexibility index (Phi) is 5.48. The van der Waals surface area contributed by atoms with E-state index in [1.54, 1.807) is 16.4 Å². The molecule has 1 saturated heterocycles. The van der Waals surface area contributed by atoms with E-state index in [1.165, 1.54) is 13.2 Å². The molecule has 1 N–H and O–H groups in total. The molecule has 0 bridgehead atoms. The van der Waals surface area contributed by atoms with Crippen molar-refractivity contribution in [3.05, 3.63) is 23.2 Å². The number of nitrogens with one attached hydrogen (secondary N) is 1. The van der Waals surface area contributed by atoms with Gasteiger partial charge in [-0.2, -0.15) is 4.31 Å². The van der Waals surface area contributed by atoms with Gasteiger partial charge in [-0.1, -0.05) is 18.5 Å². The molecule has 7 heteroatoms. The monoisotopic (exact) mass is 332 g/mol. The first-order valence-electron chi connectivity index (χ1n) is 7.06. The molecule has 0 aromatic heterocycles. The molecule has 21 heavy (non-hydrogen) atoms. The molecule has 0 amide bonds. The number of methoxy groups -OCH3 is 1. The van der Waals surface area contributed by atoms with Gasteiger partial charge in [0.1, 0.15) is 5.75 Å². The first-order chi connectivity index (χ1) is 10.0. The predicted octanol–water partition coefficient (Wildman–Crippen LogP) is 2.11. The lowest BCUT2D eigenvalue weighted by Crippen LogP contribution is -2.45. The number of nitrogens with zero attached hydrogens (tertiary/aromatic N) is 1. The van der Waals surface area contributed by atoms with E-state index in [2.05, 4.69) is 5.32 Å². The average molecular weight is 333 g/mol. The Morgan fingerprint density at radius 1 is 1.38 bits per heavy atom. The second-order valence-electron chi connectivity index (χ2n) is 4.99. The van der Waals surface area contributed by atoms with E-state index in [-0.39, 0.29) is 10.9 Å². The van der Waals surface area contributed by atoms with E-state index < -0.39 is 10.0 Å². The number of halogens is 1. The molecule has 0 atom stereocenters. The molecule has 1 aromatic carbocycles. The highest BCUT2D eigenvalue weighted by Gasteiger charge is 2.31. The Bertz CT molecular complexity index is 586. The van der Waals surface area contributed by atoms with Gasteiger partial charge in [0.25, 0.3) is 0 Å². The molecule has 0 radical (unpaired) electrons. The summed E-state index contributed by atoms with van der Waals surface area (Å²) in [6.45, 7) is 4.02. The molecular formula is C14H21ClN2O3S. The van der Waals surface area contributed by atoms with Crippen LogP contribution in [0.25, 0.3) is 0 Å². The minimum Gasteiger partial charge on any atom is -0.495 e. The lowest BCUT2D eigenvalue weighted by atomic mass is 10.1. The highest BCUT2D eigenvalue weighted by molar-refractivity contribution is 7.89. The van der Waals surface area contributed by atoms with Gasteiger partial charge in [0, 0.05) is 12.6 Å². The number of benzene rings is 1. The average Bonchev–Trinajstić information content (AvgIpc) is 2.48. The summed E-state index contributed by atoms with van der Waals surface area (Å²) < 4.78 is 32.3. The maximum Gasteiger partial charge on any atom is 0.243 e. The summed E-state index contributed by atoms with van der Waals surface area (Å²) in [6.07, 6.45) is 1.66. The third-order valence-electron chi connectivity index (χ3n) is 3.76. The molecule has 118 valence electrons. The van der Waals surface area contributed by atoms with Gasteiger partial charge in [0.15, 0.2) is 0 Å². The molecule has 1 fully saturated rings. The summed E-state index contributed by atoms with van der Waals surface area (Å²) in [4.78, 5) is 0.216. The van der Waals surface area contributed by atoms with Crippen molar-refractivity contribution in [2.75, 3.05) is 26.7 Å². The predicted molar refractivity (Wildman–Crippen MR) is 83.5 cm³/mol. The fourth-order valence-corrected chi connectivity index (χ4v) is 4.71. The van der Waals surface area contributed by atoms with Gasteiger partial charge in [-0.15, -0.1) is 0 Å². The molecule has 1 aliphatic heterocycles. The minimum absolute atomic E-state index is 0.0436. The summed E-state index contributed by atoms with van der Waals surface area (Å²) >= 11 is 6.05. The Morgan fingerprint density at radius 3 is 2.57 bits per heavy atom. The van der Waals surface area contributed by atoms with Crippen LogP contribution in [0, 0.1) is 0 Å². The van der Waals surface area contributed by atoms with Crippen LogP contribution in [0.2, 0.25) is 5.02 Å². The largest absolute Gasteiger partial charge is 0.495 e.